The first kappa shape index (κ1) is 14.7. The van der Waals surface area contributed by atoms with Gasteiger partial charge in [-0.1, -0.05) is 0 Å². The number of halogens is 3. The molecule has 108 valence electrons. The van der Waals surface area contributed by atoms with E-state index in [0.29, 0.717) is 5.52 Å². The standard InChI is InChI=1S/C13H13F3NO2P/c1-7-13(19)12(8(2)18)10-5-9(6-20(14,15)16)3-4-11(10)17-7/h3-5,19-20H,6H2,1-2H3. The van der Waals surface area contributed by atoms with E-state index in [0.717, 1.165) is 0 Å². The molecule has 1 aromatic heterocycles. The van der Waals surface area contributed by atoms with Gasteiger partial charge in [-0.2, -0.15) is 0 Å². The Morgan fingerprint density at radius 3 is 2.55 bits per heavy atom. The molecule has 20 heavy (non-hydrogen) atoms. The molecule has 0 aliphatic carbocycles. The summed E-state index contributed by atoms with van der Waals surface area (Å²) in [5.74, 6) is -0.675. The van der Waals surface area contributed by atoms with E-state index in [2.05, 4.69) is 4.98 Å². The molecule has 0 atom stereocenters. The average molecular weight is 303 g/mol. The Kier molecular flexibility index (Phi) is 3.69. The number of benzene rings is 1. The van der Waals surface area contributed by atoms with Crippen LogP contribution in [0.25, 0.3) is 10.9 Å². The Labute approximate surface area is 114 Å². The van der Waals surface area contributed by atoms with Gasteiger partial charge in [0.05, 0.1) is 0 Å². The van der Waals surface area contributed by atoms with Crippen LogP contribution < -0.4 is 0 Å². The third-order valence-corrected chi connectivity index (χ3v) is 3.76. The second-order valence-corrected chi connectivity index (χ2v) is 6.20. The van der Waals surface area contributed by atoms with Gasteiger partial charge in [-0.25, -0.2) is 0 Å². The molecule has 3 nitrogen and oxygen atoms in total. The van der Waals surface area contributed by atoms with Gasteiger partial charge in [0, 0.05) is 0 Å². The molecule has 0 radical (unpaired) electrons. The van der Waals surface area contributed by atoms with Crippen LogP contribution in [0.4, 0.5) is 12.6 Å². The Hall–Kier alpha value is -1.68. The summed E-state index contributed by atoms with van der Waals surface area (Å²) in [4.78, 5) is 15.7. The number of ketones is 1. The first-order valence-electron chi connectivity index (χ1n) is 5.89. The molecule has 1 aromatic carbocycles. The van der Waals surface area contributed by atoms with Crippen molar-refractivity contribution in [3.05, 3.63) is 35.0 Å². The molecular weight excluding hydrogens is 290 g/mol. The van der Waals surface area contributed by atoms with Gasteiger partial charge in [0.1, 0.15) is 0 Å². The molecule has 0 aliphatic heterocycles. The van der Waals surface area contributed by atoms with E-state index in [4.69, 9.17) is 0 Å². The molecule has 2 aromatic rings. The van der Waals surface area contributed by atoms with E-state index >= 15 is 0 Å². The molecule has 0 saturated heterocycles. The summed E-state index contributed by atoms with van der Waals surface area (Å²) in [6, 6.07) is 4.10. The molecule has 1 heterocycles. The Bertz CT molecular complexity index is 698. The third-order valence-electron chi connectivity index (χ3n) is 2.95. The molecule has 0 amide bonds. The van der Waals surface area contributed by atoms with Gasteiger partial charge in [0.2, 0.25) is 0 Å². The number of Topliss-reactive ketones (excluding diaryl/α,β-unsaturated/α-hetero) is 1. The van der Waals surface area contributed by atoms with E-state index in [9.17, 15) is 22.5 Å². The summed E-state index contributed by atoms with van der Waals surface area (Å²) < 4.78 is 37.7. The molecule has 1 N–H and O–H groups in total. The number of rotatable bonds is 3. The minimum absolute atomic E-state index is 0.0261. The third kappa shape index (κ3) is 2.90. The fourth-order valence-corrected chi connectivity index (χ4v) is 2.80. The zero-order chi connectivity index (χ0) is 15.1. The van der Waals surface area contributed by atoms with Crippen LogP contribution in [0.3, 0.4) is 0 Å². The molecule has 7 heteroatoms. The second-order valence-electron chi connectivity index (χ2n) is 4.62. The molecule has 0 aliphatic rings. The first-order chi connectivity index (χ1) is 9.19. The summed E-state index contributed by atoms with van der Waals surface area (Å²) in [5.41, 5.74) is 0.793. The van der Waals surface area contributed by atoms with E-state index < -0.39 is 20.1 Å². The zero-order valence-corrected chi connectivity index (χ0v) is 11.9. The molecule has 0 saturated carbocycles. The van der Waals surface area contributed by atoms with Crippen molar-refractivity contribution in [3.63, 3.8) is 0 Å². The summed E-state index contributed by atoms with van der Waals surface area (Å²) in [7, 11) is -5.72. The molecule has 0 unspecified atom stereocenters. The van der Waals surface area contributed by atoms with Gasteiger partial charge in [-0.05, 0) is 0 Å². The van der Waals surface area contributed by atoms with E-state index in [1.54, 1.807) is 0 Å². The summed E-state index contributed by atoms with van der Waals surface area (Å²) in [5, 5.41) is 10.2. The van der Waals surface area contributed by atoms with Crippen LogP contribution in [0.5, 0.6) is 5.75 Å². The number of hydrogen-bond donors (Lipinski definition) is 1. The van der Waals surface area contributed by atoms with Crippen LogP contribution in [0.2, 0.25) is 0 Å². The second kappa shape index (κ2) is 5.02. The van der Waals surface area contributed by atoms with Gasteiger partial charge in [-0.15, -0.1) is 0 Å². The van der Waals surface area contributed by atoms with Crippen LogP contribution in [-0.2, 0) is 6.16 Å². The predicted octanol–water partition coefficient (Wildman–Crippen LogP) is 4.35. The zero-order valence-electron chi connectivity index (χ0n) is 10.9. The maximum atomic E-state index is 12.6. The van der Waals surface area contributed by atoms with E-state index in [1.165, 1.54) is 32.0 Å². The number of aromatic nitrogens is 1. The van der Waals surface area contributed by atoms with Gasteiger partial charge < -0.3 is 0 Å². The van der Waals surface area contributed by atoms with Crippen LogP contribution >= 0.6 is 8.19 Å². The van der Waals surface area contributed by atoms with Crippen molar-refractivity contribution in [3.8, 4) is 5.75 Å². The van der Waals surface area contributed by atoms with Crippen LogP contribution in [-0.4, -0.2) is 15.9 Å². The Balaban J connectivity index is 2.69. The quantitative estimate of drug-likeness (QED) is 0.677. The van der Waals surface area contributed by atoms with Crippen LogP contribution in [0.15, 0.2) is 18.2 Å². The monoisotopic (exact) mass is 303 g/mol. The number of aryl methyl sites for hydroxylation is 1. The van der Waals surface area contributed by atoms with E-state index in [1.807, 2.05) is 0 Å². The van der Waals surface area contributed by atoms with E-state index in [-0.39, 0.29) is 28.0 Å². The number of pyridine rings is 1. The number of hydrogen-bond acceptors (Lipinski definition) is 3. The molecule has 0 spiro atoms. The molecule has 0 fully saturated rings. The fourth-order valence-electron chi connectivity index (χ4n) is 2.12. The van der Waals surface area contributed by atoms with Crippen molar-refractivity contribution < 1.29 is 22.5 Å². The first-order valence-corrected chi connectivity index (χ1v) is 7.73. The topological polar surface area (TPSA) is 50.2 Å². The molecule has 0 bridgehead atoms. The van der Waals surface area contributed by atoms with Crippen molar-refractivity contribution in [1.82, 2.24) is 4.98 Å². The number of carbonyl (C=O) groups is 1. The number of fused-ring (bicyclic) bond motifs is 1. The maximum absolute atomic E-state index is 12.6. The predicted molar refractivity (Wildman–Crippen MR) is 73.5 cm³/mol. The fraction of sp³-hybridized carbons (Fsp3) is 0.231. The summed E-state index contributed by atoms with van der Waals surface area (Å²) >= 11 is 0. The van der Waals surface area contributed by atoms with Crippen LogP contribution in [0, 0.1) is 6.92 Å². The SMILES string of the molecule is CC(=O)c1c(O)c(C)nc2ccc(C[PH](F)(F)F)cc12. The molecule has 2 rings (SSSR count). The van der Waals surface area contributed by atoms with Crippen molar-refractivity contribution in [2.75, 3.05) is 0 Å². The van der Waals surface area contributed by atoms with Gasteiger partial charge >= 0.3 is 113 Å². The van der Waals surface area contributed by atoms with Crippen molar-refractivity contribution in [2.24, 2.45) is 0 Å². The minimum atomic E-state index is -5.72. The molecular formula is C13H13F3NO2P. The van der Waals surface area contributed by atoms with Crippen LogP contribution in [0.1, 0.15) is 28.5 Å². The number of carbonyl (C=O) groups excluding carboxylic acids is 1. The van der Waals surface area contributed by atoms with Gasteiger partial charge in [0.25, 0.3) is 0 Å². The summed E-state index contributed by atoms with van der Waals surface area (Å²) in [6.07, 6.45) is -0.949. The number of nitrogens with zero attached hydrogens (tertiary/aromatic N) is 1. The van der Waals surface area contributed by atoms with Gasteiger partial charge in [-0.3, -0.25) is 0 Å². The van der Waals surface area contributed by atoms with Gasteiger partial charge in [0.15, 0.2) is 0 Å². The summed E-state index contributed by atoms with van der Waals surface area (Å²) in [6.45, 7) is 2.80. The normalized spacial score (nSPS) is 12.7. The van der Waals surface area contributed by atoms with Crippen molar-refractivity contribution >= 4 is 24.9 Å². The van der Waals surface area contributed by atoms with Crippen molar-refractivity contribution in [2.45, 2.75) is 20.0 Å². The Morgan fingerprint density at radius 1 is 1.35 bits per heavy atom. The Morgan fingerprint density at radius 2 is 2.00 bits per heavy atom. The number of aromatic hydroxyl groups is 1. The average Bonchev–Trinajstić information content (AvgIpc) is 2.28. The van der Waals surface area contributed by atoms with Crippen molar-refractivity contribution in [1.29, 1.82) is 0 Å².